The summed E-state index contributed by atoms with van der Waals surface area (Å²) in [5, 5.41) is 18.8. The Kier molecular flexibility index (Phi) is 3.33. The van der Waals surface area contributed by atoms with Crippen molar-refractivity contribution in [3.05, 3.63) is 29.8 Å². The van der Waals surface area contributed by atoms with E-state index in [4.69, 9.17) is 10.00 Å². The van der Waals surface area contributed by atoms with E-state index in [0.717, 1.165) is 11.3 Å². The van der Waals surface area contributed by atoms with E-state index >= 15 is 0 Å². The van der Waals surface area contributed by atoms with Crippen molar-refractivity contribution >= 4 is 0 Å². The summed E-state index contributed by atoms with van der Waals surface area (Å²) < 4.78 is 5.01. The van der Waals surface area contributed by atoms with Crippen molar-refractivity contribution in [2.75, 3.05) is 7.11 Å². The number of nitriles is 1. The van der Waals surface area contributed by atoms with Crippen LogP contribution >= 0.6 is 0 Å². The van der Waals surface area contributed by atoms with Gasteiger partial charge < -0.3 is 9.84 Å². The summed E-state index contributed by atoms with van der Waals surface area (Å²) >= 11 is 0. The molecule has 15 heavy (non-hydrogen) atoms. The zero-order chi connectivity index (χ0) is 11.5. The molecule has 0 aliphatic carbocycles. The smallest absolute Gasteiger partial charge is 0.118 e. The first-order valence-corrected chi connectivity index (χ1v) is 4.74. The number of methoxy groups -OCH3 is 1. The third-order valence-corrected chi connectivity index (χ3v) is 2.40. The van der Waals surface area contributed by atoms with Gasteiger partial charge in [0.25, 0.3) is 0 Å². The number of aliphatic hydroxyl groups excluding tert-OH is 1. The Morgan fingerprint density at radius 3 is 2.27 bits per heavy atom. The first-order chi connectivity index (χ1) is 7.01. The average Bonchev–Trinajstić information content (AvgIpc) is 2.28. The maximum absolute atomic E-state index is 9.95. The Balaban J connectivity index is 2.93. The van der Waals surface area contributed by atoms with Crippen LogP contribution in [0.3, 0.4) is 0 Å². The molecule has 1 atom stereocenters. The van der Waals surface area contributed by atoms with Gasteiger partial charge in [-0.1, -0.05) is 12.1 Å². The molecule has 3 heteroatoms. The molecule has 1 aromatic rings. The maximum Gasteiger partial charge on any atom is 0.118 e. The number of rotatable bonds is 3. The highest BCUT2D eigenvalue weighted by Gasteiger charge is 2.28. The molecule has 1 aromatic carbocycles. The molecule has 0 aliphatic rings. The minimum Gasteiger partial charge on any atom is -0.497 e. The molecule has 80 valence electrons. The highest BCUT2D eigenvalue weighted by Crippen LogP contribution is 2.32. The summed E-state index contributed by atoms with van der Waals surface area (Å²) in [6.07, 6.45) is -0.784. The molecule has 3 nitrogen and oxygen atoms in total. The van der Waals surface area contributed by atoms with Gasteiger partial charge in [0.2, 0.25) is 0 Å². The summed E-state index contributed by atoms with van der Waals surface area (Å²) in [6.45, 7) is 3.42. The van der Waals surface area contributed by atoms with E-state index in [-0.39, 0.29) is 0 Å². The van der Waals surface area contributed by atoms with Gasteiger partial charge in [0.05, 0.1) is 24.7 Å². The Morgan fingerprint density at radius 1 is 1.33 bits per heavy atom. The lowest BCUT2D eigenvalue weighted by Gasteiger charge is -2.23. The highest BCUT2D eigenvalue weighted by molar-refractivity contribution is 5.30. The van der Waals surface area contributed by atoms with Gasteiger partial charge in [-0.05, 0) is 31.5 Å². The second-order valence-corrected chi connectivity index (χ2v) is 4.01. The van der Waals surface area contributed by atoms with Crippen LogP contribution in [0.2, 0.25) is 0 Å². The van der Waals surface area contributed by atoms with Crippen molar-refractivity contribution in [2.45, 2.75) is 20.0 Å². The molecule has 0 spiro atoms. The Morgan fingerprint density at radius 2 is 1.87 bits per heavy atom. The van der Waals surface area contributed by atoms with Crippen LogP contribution in [0.1, 0.15) is 25.5 Å². The molecule has 1 N–H and O–H groups in total. The van der Waals surface area contributed by atoms with Gasteiger partial charge in [-0.25, -0.2) is 0 Å². The van der Waals surface area contributed by atoms with Crippen LogP contribution in [-0.2, 0) is 0 Å². The Labute approximate surface area is 89.9 Å². The first-order valence-electron chi connectivity index (χ1n) is 4.74. The molecule has 1 unspecified atom stereocenters. The quantitative estimate of drug-likeness (QED) is 0.823. The van der Waals surface area contributed by atoms with Crippen LogP contribution in [0, 0.1) is 16.7 Å². The fraction of sp³-hybridized carbons (Fsp3) is 0.417. The largest absolute Gasteiger partial charge is 0.497 e. The molecule has 1 rings (SSSR count). The number of hydrogen-bond acceptors (Lipinski definition) is 3. The van der Waals surface area contributed by atoms with Gasteiger partial charge in [0, 0.05) is 0 Å². The molecule has 0 saturated heterocycles. The van der Waals surface area contributed by atoms with Crippen molar-refractivity contribution < 1.29 is 9.84 Å². The lowest BCUT2D eigenvalue weighted by atomic mass is 9.84. The normalized spacial score (nSPS) is 13.0. The summed E-state index contributed by atoms with van der Waals surface area (Å²) in [5.74, 6) is 0.737. The second kappa shape index (κ2) is 4.33. The van der Waals surface area contributed by atoms with Crippen LogP contribution in [0.4, 0.5) is 0 Å². The van der Waals surface area contributed by atoms with E-state index in [2.05, 4.69) is 6.07 Å². The number of aliphatic hydroxyl groups is 1. The predicted octanol–water partition coefficient (Wildman–Crippen LogP) is 2.28. The van der Waals surface area contributed by atoms with Crippen LogP contribution in [0.25, 0.3) is 0 Å². The van der Waals surface area contributed by atoms with Crippen LogP contribution in [0.15, 0.2) is 24.3 Å². The summed E-state index contributed by atoms with van der Waals surface area (Å²) in [5.41, 5.74) is -0.0587. The number of hydrogen-bond donors (Lipinski definition) is 1. The van der Waals surface area contributed by atoms with Crippen LogP contribution in [0.5, 0.6) is 5.75 Å². The maximum atomic E-state index is 9.95. The van der Waals surface area contributed by atoms with Crippen LogP contribution in [-0.4, -0.2) is 12.2 Å². The predicted molar refractivity (Wildman–Crippen MR) is 57.3 cm³/mol. The molecule has 0 heterocycles. The molecule has 0 bridgehead atoms. The Hall–Kier alpha value is -1.53. The number of benzene rings is 1. The van der Waals surface area contributed by atoms with Gasteiger partial charge in [0.1, 0.15) is 5.75 Å². The lowest BCUT2D eigenvalue weighted by molar-refractivity contribution is 0.0867. The Bertz CT molecular complexity index is 362. The first kappa shape index (κ1) is 11.5. The molecule has 0 aromatic heterocycles. The molecule has 0 saturated carbocycles. The van der Waals surface area contributed by atoms with E-state index in [1.807, 2.05) is 0 Å². The molecule has 0 amide bonds. The van der Waals surface area contributed by atoms with Gasteiger partial charge >= 0.3 is 0 Å². The summed E-state index contributed by atoms with van der Waals surface area (Å²) in [4.78, 5) is 0. The van der Waals surface area contributed by atoms with E-state index in [1.54, 1.807) is 45.2 Å². The summed E-state index contributed by atoms with van der Waals surface area (Å²) in [7, 11) is 1.59. The van der Waals surface area contributed by atoms with Crippen molar-refractivity contribution in [3.8, 4) is 11.8 Å². The fourth-order valence-corrected chi connectivity index (χ4v) is 1.26. The van der Waals surface area contributed by atoms with Crippen molar-refractivity contribution in [2.24, 2.45) is 5.41 Å². The zero-order valence-corrected chi connectivity index (χ0v) is 9.19. The van der Waals surface area contributed by atoms with E-state index in [1.165, 1.54) is 0 Å². The fourth-order valence-electron chi connectivity index (χ4n) is 1.26. The molecule has 0 aliphatic heterocycles. The van der Waals surface area contributed by atoms with E-state index < -0.39 is 11.5 Å². The monoisotopic (exact) mass is 205 g/mol. The van der Waals surface area contributed by atoms with Crippen molar-refractivity contribution in [3.63, 3.8) is 0 Å². The van der Waals surface area contributed by atoms with Gasteiger partial charge in [0.15, 0.2) is 0 Å². The van der Waals surface area contributed by atoms with Crippen LogP contribution < -0.4 is 4.74 Å². The van der Waals surface area contributed by atoms with Gasteiger partial charge in [-0.3, -0.25) is 0 Å². The van der Waals surface area contributed by atoms with Gasteiger partial charge in [-0.15, -0.1) is 0 Å². The van der Waals surface area contributed by atoms with E-state index in [9.17, 15) is 5.11 Å². The number of nitrogens with zero attached hydrogens (tertiary/aromatic N) is 1. The molecule has 0 radical (unpaired) electrons. The third-order valence-electron chi connectivity index (χ3n) is 2.40. The van der Waals surface area contributed by atoms with Crippen molar-refractivity contribution in [1.82, 2.24) is 0 Å². The molecular formula is C12H15NO2. The topological polar surface area (TPSA) is 53.2 Å². The molecule has 0 fully saturated rings. The highest BCUT2D eigenvalue weighted by atomic mass is 16.5. The SMILES string of the molecule is COc1ccc(C(O)C(C)(C)C#N)cc1. The average molecular weight is 205 g/mol. The molecular weight excluding hydrogens is 190 g/mol. The minimum absolute atomic E-state index is 0.724. The lowest BCUT2D eigenvalue weighted by Crippen LogP contribution is -2.19. The van der Waals surface area contributed by atoms with Crippen molar-refractivity contribution in [1.29, 1.82) is 5.26 Å². The summed E-state index contributed by atoms with van der Waals surface area (Å²) in [6, 6.07) is 9.16. The second-order valence-electron chi connectivity index (χ2n) is 4.01. The third kappa shape index (κ3) is 2.48. The van der Waals surface area contributed by atoms with E-state index in [0.29, 0.717) is 0 Å². The minimum atomic E-state index is -0.784. The standard InChI is InChI=1S/C12H15NO2/c1-12(2,8-13)11(14)9-4-6-10(15-3)7-5-9/h4-7,11,14H,1-3H3. The zero-order valence-electron chi connectivity index (χ0n) is 9.19. The number of ether oxygens (including phenoxy) is 1. The van der Waals surface area contributed by atoms with Gasteiger partial charge in [-0.2, -0.15) is 5.26 Å².